The molecule has 1 aromatic heterocycles. The molecule has 0 spiro atoms. The lowest BCUT2D eigenvalue weighted by Gasteiger charge is -2.43. The van der Waals surface area contributed by atoms with E-state index in [0.717, 1.165) is 50.3 Å². The van der Waals surface area contributed by atoms with Crippen LogP contribution >= 0.6 is 0 Å². The number of rotatable bonds is 5. The summed E-state index contributed by atoms with van der Waals surface area (Å²) in [7, 11) is 0. The number of anilines is 1. The minimum Gasteiger partial charge on any atom is -0.379 e. The average molecular weight is 450 g/mol. The van der Waals surface area contributed by atoms with Crippen molar-refractivity contribution < 1.29 is 14.3 Å². The summed E-state index contributed by atoms with van der Waals surface area (Å²) in [5.74, 6) is -0.0742. The van der Waals surface area contributed by atoms with E-state index in [1.165, 1.54) is 12.8 Å². The molecule has 3 heterocycles. The predicted molar refractivity (Wildman–Crippen MR) is 125 cm³/mol. The van der Waals surface area contributed by atoms with Gasteiger partial charge in [-0.2, -0.15) is 0 Å². The fraction of sp³-hybridized carbons (Fsp3) is 0.480. The molecule has 0 unspecified atom stereocenters. The zero-order chi connectivity index (χ0) is 22.7. The normalized spacial score (nSPS) is 19.8. The third-order valence-corrected chi connectivity index (χ3v) is 7.21. The van der Waals surface area contributed by atoms with E-state index in [0.29, 0.717) is 30.9 Å². The summed E-state index contributed by atoms with van der Waals surface area (Å²) in [5, 5.41) is 6.10. The van der Waals surface area contributed by atoms with Crippen LogP contribution in [-0.4, -0.2) is 65.1 Å². The second-order valence-electron chi connectivity index (χ2n) is 9.22. The van der Waals surface area contributed by atoms with E-state index >= 15 is 0 Å². The fourth-order valence-electron chi connectivity index (χ4n) is 5.29. The highest BCUT2D eigenvalue weighted by Crippen LogP contribution is 2.35. The number of fused-ring (bicyclic) bond motifs is 1. The highest BCUT2D eigenvalue weighted by molar-refractivity contribution is 5.95. The lowest BCUT2D eigenvalue weighted by molar-refractivity contribution is -0.0199. The highest BCUT2D eigenvalue weighted by atomic mass is 16.5. The average Bonchev–Trinajstić information content (AvgIpc) is 3.52. The largest absolute Gasteiger partial charge is 0.379 e. The quantitative estimate of drug-likeness (QED) is 0.733. The zero-order valence-electron chi connectivity index (χ0n) is 18.9. The molecule has 2 aliphatic heterocycles. The van der Waals surface area contributed by atoms with Crippen molar-refractivity contribution in [1.82, 2.24) is 20.1 Å². The van der Waals surface area contributed by atoms with Crippen molar-refractivity contribution in [2.24, 2.45) is 0 Å². The van der Waals surface area contributed by atoms with Gasteiger partial charge in [0.25, 0.3) is 5.91 Å². The van der Waals surface area contributed by atoms with Crippen LogP contribution in [0.1, 0.15) is 47.2 Å². The van der Waals surface area contributed by atoms with Gasteiger partial charge >= 0.3 is 6.03 Å². The van der Waals surface area contributed by atoms with Crippen molar-refractivity contribution in [3.05, 3.63) is 59.4 Å². The summed E-state index contributed by atoms with van der Waals surface area (Å²) < 4.78 is 5.52. The zero-order valence-corrected chi connectivity index (χ0v) is 18.9. The van der Waals surface area contributed by atoms with Gasteiger partial charge in [0.1, 0.15) is 0 Å². The molecule has 2 aromatic rings. The predicted octanol–water partition coefficient (Wildman–Crippen LogP) is 3.00. The molecule has 0 radical (unpaired) electrons. The summed E-state index contributed by atoms with van der Waals surface area (Å²) in [5.41, 5.74) is 3.53. The number of hydrogen-bond acceptors (Lipinski definition) is 5. The second kappa shape index (κ2) is 9.49. The first kappa shape index (κ1) is 21.9. The molecular formula is C25H31N5O3. The summed E-state index contributed by atoms with van der Waals surface area (Å²) in [4.78, 5) is 33.9. The van der Waals surface area contributed by atoms with Crippen molar-refractivity contribution >= 4 is 17.6 Å². The lowest BCUT2D eigenvalue weighted by atomic mass is 9.94. The van der Waals surface area contributed by atoms with Crippen LogP contribution in [0.3, 0.4) is 0 Å². The topological polar surface area (TPSA) is 86.8 Å². The Morgan fingerprint density at radius 1 is 1.00 bits per heavy atom. The summed E-state index contributed by atoms with van der Waals surface area (Å²) >= 11 is 0. The number of ether oxygens (including phenoxy) is 1. The highest BCUT2D eigenvalue weighted by Gasteiger charge is 2.40. The number of aromatic nitrogens is 1. The summed E-state index contributed by atoms with van der Waals surface area (Å²) in [6.45, 7) is 5.20. The SMILES string of the molecule is O=C(NCC1(N2CCOCC2)CCCC1)c1ccc(NC(=O)N2Cc3ccncc3C2)cc1. The first-order chi connectivity index (χ1) is 16.1. The first-order valence-electron chi connectivity index (χ1n) is 11.8. The monoisotopic (exact) mass is 449 g/mol. The van der Waals surface area contributed by atoms with E-state index in [9.17, 15) is 9.59 Å². The number of carbonyl (C=O) groups excluding carboxylic acids is 2. The van der Waals surface area contributed by atoms with Crippen LogP contribution in [-0.2, 0) is 17.8 Å². The second-order valence-corrected chi connectivity index (χ2v) is 9.22. The molecule has 2 fully saturated rings. The first-order valence-corrected chi connectivity index (χ1v) is 11.8. The number of amides is 3. The Morgan fingerprint density at radius 2 is 1.73 bits per heavy atom. The van der Waals surface area contributed by atoms with Gasteiger partial charge in [-0.3, -0.25) is 14.7 Å². The number of nitrogens with one attached hydrogen (secondary N) is 2. The lowest BCUT2D eigenvalue weighted by Crippen LogP contribution is -2.57. The summed E-state index contributed by atoms with van der Waals surface area (Å²) in [6, 6.07) is 8.89. The molecule has 0 bridgehead atoms. The van der Waals surface area contributed by atoms with Crippen LogP contribution in [0.15, 0.2) is 42.7 Å². The molecule has 1 aromatic carbocycles. The maximum absolute atomic E-state index is 12.8. The number of nitrogens with zero attached hydrogens (tertiary/aromatic N) is 3. The molecule has 1 saturated carbocycles. The van der Waals surface area contributed by atoms with E-state index in [1.807, 2.05) is 12.3 Å². The van der Waals surface area contributed by atoms with Gasteiger partial charge in [0.2, 0.25) is 0 Å². The molecule has 0 atom stereocenters. The number of morpholine rings is 1. The van der Waals surface area contributed by atoms with Crippen molar-refractivity contribution in [3.8, 4) is 0 Å². The smallest absolute Gasteiger partial charge is 0.322 e. The Kier molecular flexibility index (Phi) is 6.28. The van der Waals surface area contributed by atoms with Gasteiger partial charge in [-0.15, -0.1) is 0 Å². The molecule has 33 heavy (non-hydrogen) atoms. The Bertz CT molecular complexity index is 972. The van der Waals surface area contributed by atoms with Gasteiger partial charge in [-0.05, 0) is 54.3 Å². The van der Waals surface area contributed by atoms with Gasteiger partial charge in [0.05, 0.1) is 13.2 Å². The van der Waals surface area contributed by atoms with Gasteiger partial charge in [-0.25, -0.2) is 4.79 Å². The summed E-state index contributed by atoms with van der Waals surface area (Å²) in [6.07, 6.45) is 8.22. The Labute approximate surface area is 194 Å². The van der Waals surface area contributed by atoms with Gasteiger partial charge in [-0.1, -0.05) is 12.8 Å². The molecule has 5 rings (SSSR count). The van der Waals surface area contributed by atoms with Gasteiger partial charge in [0.15, 0.2) is 0 Å². The Balaban J connectivity index is 1.15. The molecule has 3 amide bonds. The van der Waals surface area contributed by atoms with Gasteiger partial charge in [0, 0.05) is 61.9 Å². The van der Waals surface area contributed by atoms with Crippen LogP contribution in [0.4, 0.5) is 10.5 Å². The van der Waals surface area contributed by atoms with Crippen LogP contribution in [0, 0.1) is 0 Å². The fourth-order valence-corrected chi connectivity index (χ4v) is 5.29. The van der Waals surface area contributed by atoms with Crippen LogP contribution in [0.2, 0.25) is 0 Å². The number of benzene rings is 1. The maximum Gasteiger partial charge on any atom is 0.322 e. The van der Waals surface area contributed by atoms with E-state index in [4.69, 9.17) is 4.74 Å². The molecule has 8 heteroatoms. The van der Waals surface area contributed by atoms with Crippen molar-refractivity contribution in [1.29, 1.82) is 0 Å². The molecular weight excluding hydrogens is 418 g/mol. The van der Waals surface area contributed by atoms with E-state index in [1.54, 1.807) is 35.4 Å². The number of carbonyl (C=O) groups is 2. The third kappa shape index (κ3) is 4.72. The van der Waals surface area contributed by atoms with Crippen LogP contribution in [0.5, 0.6) is 0 Å². The molecule has 174 valence electrons. The molecule has 1 aliphatic carbocycles. The minimum atomic E-state index is -0.155. The van der Waals surface area contributed by atoms with E-state index < -0.39 is 0 Å². The van der Waals surface area contributed by atoms with Crippen molar-refractivity contribution in [2.45, 2.75) is 44.3 Å². The minimum absolute atomic E-state index is 0.0518. The molecule has 8 nitrogen and oxygen atoms in total. The van der Waals surface area contributed by atoms with Gasteiger partial charge < -0.3 is 20.3 Å². The molecule has 1 saturated heterocycles. The number of hydrogen-bond donors (Lipinski definition) is 2. The number of urea groups is 1. The standard InChI is InChI=1S/C25H31N5O3/c31-23(27-18-25(8-1-2-9-25)30-11-13-33-14-12-30)19-3-5-22(6-4-19)28-24(32)29-16-20-7-10-26-15-21(20)17-29/h3-7,10,15H,1-2,8-9,11-14,16-18H2,(H,27,31)(H,28,32). The Morgan fingerprint density at radius 3 is 2.45 bits per heavy atom. The third-order valence-electron chi connectivity index (χ3n) is 7.21. The number of pyridine rings is 1. The molecule has 2 N–H and O–H groups in total. The van der Waals surface area contributed by atoms with Crippen molar-refractivity contribution in [3.63, 3.8) is 0 Å². The van der Waals surface area contributed by atoms with E-state index in [-0.39, 0.29) is 17.5 Å². The maximum atomic E-state index is 12.8. The van der Waals surface area contributed by atoms with Crippen LogP contribution < -0.4 is 10.6 Å². The van der Waals surface area contributed by atoms with Crippen molar-refractivity contribution in [2.75, 3.05) is 38.2 Å². The Hall–Kier alpha value is -2.97. The molecule has 3 aliphatic rings. The van der Waals surface area contributed by atoms with Crippen LogP contribution in [0.25, 0.3) is 0 Å². The van der Waals surface area contributed by atoms with E-state index in [2.05, 4.69) is 20.5 Å².